The number of nitro benzene ring substituents is 1. The molecule has 3 fully saturated rings. The van der Waals surface area contributed by atoms with Gasteiger partial charge < -0.3 is 29.1 Å². The van der Waals surface area contributed by atoms with Crippen molar-refractivity contribution in [1.82, 2.24) is 4.90 Å². The summed E-state index contributed by atoms with van der Waals surface area (Å²) >= 11 is 0. The van der Waals surface area contributed by atoms with E-state index in [1.54, 1.807) is 27.9 Å². The predicted octanol–water partition coefficient (Wildman–Crippen LogP) is 4.70. The number of likely N-dealkylation sites (tertiary alicyclic amines) is 1. The minimum Gasteiger partial charge on any atom is -0.497 e. The van der Waals surface area contributed by atoms with Gasteiger partial charge in [-0.2, -0.15) is 0 Å². The lowest BCUT2D eigenvalue weighted by molar-refractivity contribution is -0.385. The first-order valence-corrected chi connectivity index (χ1v) is 20.8. The van der Waals surface area contributed by atoms with Crippen molar-refractivity contribution in [3.8, 4) is 5.75 Å². The highest BCUT2D eigenvalue weighted by atomic mass is 28.3. The number of hydrogen-bond acceptors (Lipinski definition) is 9. The lowest BCUT2D eigenvalue weighted by atomic mass is 9.82. The van der Waals surface area contributed by atoms with Crippen LogP contribution in [0.4, 0.5) is 21.9 Å². The van der Waals surface area contributed by atoms with Crippen LogP contribution in [0, 0.1) is 16.0 Å². The smallest absolute Gasteiger partial charge is 0.414 e. The molecule has 1 spiro atoms. The number of amides is 3. The van der Waals surface area contributed by atoms with E-state index in [-0.39, 0.29) is 48.7 Å². The van der Waals surface area contributed by atoms with Crippen LogP contribution in [0.1, 0.15) is 37.3 Å². The number of fused-ring (bicyclic) bond motifs is 2. The third-order valence-electron chi connectivity index (χ3n) is 11.7. The van der Waals surface area contributed by atoms with Crippen LogP contribution in [-0.4, -0.2) is 86.5 Å². The van der Waals surface area contributed by atoms with Crippen LogP contribution >= 0.6 is 0 Å². The van der Waals surface area contributed by atoms with Gasteiger partial charge in [0.2, 0.25) is 5.91 Å². The molecule has 4 heterocycles. The maximum atomic E-state index is 15.1. The molecule has 5 atom stereocenters. The SMILES string of the molecule is COc1ccc([Si](C)(C)[C@H]2[C@H](CC(=O)N3CCC[C@H]3CO)O[C@@]3(C(=O)N(Cc4ccc(N5CCOC5=O)cc4)c4ccc([N+](=O)[O-])cc43)[C@@H]2C)cc1. The summed E-state index contributed by atoms with van der Waals surface area (Å²) in [4.78, 5) is 57.8. The molecule has 0 radical (unpaired) electrons. The summed E-state index contributed by atoms with van der Waals surface area (Å²) in [6.45, 7) is 7.75. The Morgan fingerprint density at radius 2 is 1.81 bits per heavy atom. The third kappa shape index (κ3) is 5.82. The van der Waals surface area contributed by atoms with Crippen molar-refractivity contribution in [3.63, 3.8) is 0 Å². The van der Waals surface area contributed by atoms with Crippen LogP contribution in [0.25, 0.3) is 0 Å². The summed E-state index contributed by atoms with van der Waals surface area (Å²) in [5, 5.41) is 23.3. The van der Waals surface area contributed by atoms with E-state index in [1.807, 2.05) is 55.5 Å². The van der Waals surface area contributed by atoms with E-state index in [0.717, 1.165) is 23.6 Å². The zero-order chi connectivity index (χ0) is 36.9. The molecule has 274 valence electrons. The van der Waals surface area contributed by atoms with Gasteiger partial charge in [0.1, 0.15) is 12.4 Å². The fourth-order valence-corrected chi connectivity index (χ4v) is 13.0. The second kappa shape index (κ2) is 13.6. The van der Waals surface area contributed by atoms with Crippen molar-refractivity contribution in [2.75, 3.05) is 43.2 Å². The molecule has 1 N–H and O–H groups in total. The Bertz CT molecular complexity index is 1890. The van der Waals surface area contributed by atoms with Gasteiger partial charge in [-0.15, -0.1) is 0 Å². The summed E-state index contributed by atoms with van der Waals surface area (Å²) in [6, 6.07) is 19.4. The molecule has 4 aliphatic heterocycles. The number of anilines is 2. The molecule has 52 heavy (non-hydrogen) atoms. The topological polar surface area (TPSA) is 152 Å². The van der Waals surface area contributed by atoms with E-state index in [1.165, 1.54) is 12.1 Å². The minimum absolute atomic E-state index is 0.0117. The molecule has 0 aromatic heterocycles. The summed E-state index contributed by atoms with van der Waals surface area (Å²) < 4.78 is 17.6. The van der Waals surface area contributed by atoms with Crippen molar-refractivity contribution in [2.45, 2.75) is 69.1 Å². The number of cyclic esters (lactones) is 1. The van der Waals surface area contributed by atoms with Gasteiger partial charge in [0, 0.05) is 35.8 Å². The predicted molar refractivity (Wildman–Crippen MR) is 195 cm³/mol. The molecule has 3 saturated heterocycles. The fourth-order valence-electron chi connectivity index (χ4n) is 9.01. The Morgan fingerprint density at radius 1 is 1.08 bits per heavy atom. The summed E-state index contributed by atoms with van der Waals surface area (Å²) in [7, 11) is -0.978. The number of aliphatic hydroxyl groups is 1. The van der Waals surface area contributed by atoms with Crippen LogP contribution in [0.5, 0.6) is 5.75 Å². The Morgan fingerprint density at radius 3 is 2.44 bits per heavy atom. The minimum atomic E-state index is -2.59. The number of hydrogen-bond donors (Lipinski definition) is 1. The van der Waals surface area contributed by atoms with E-state index in [0.29, 0.717) is 42.4 Å². The van der Waals surface area contributed by atoms with Crippen molar-refractivity contribution >= 4 is 48.2 Å². The average molecular weight is 729 g/mol. The number of nitro groups is 1. The highest BCUT2D eigenvalue weighted by molar-refractivity contribution is 6.91. The van der Waals surface area contributed by atoms with E-state index in [9.17, 15) is 24.8 Å². The second-order valence-electron chi connectivity index (χ2n) is 14.7. The highest BCUT2D eigenvalue weighted by Gasteiger charge is 2.67. The Labute approximate surface area is 303 Å². The fraction of sp³-hybridized carbons (Fsp3) is 0.447. The summed E-state index contributed by atoms with van der Waals surface area (Å²) in [5.74, 6) is -0.230. The largest absolute Gasteiger partial charge is 0.497 e. The van der Waals surface area contributed by atoms with Gasteiger partial charge in [-0.1, -0.05) is 49.5 Å². The molecule has 0 bridgehead atoms. The quantitative estimate of drug-likeness (QED) is 0.178. The molecule has 7 rings (SSSR count). The number of rotatable bonds is 10. The van der Waals surface area contributed by atoms with Gasteiger partial charge >= 0.3 is 6.09 Å². The first kappa shape index (κ1) is 35.6. The molecule has 4 aliphatic rings. The normalized spacial score (nSPS) is 25.6. The van der Waals surface area contributed by atoms with E-state index in [2.05, 4.69) is 13.1 Å². The number of carbonyl (C=O) groups excluding carboxylic acids is 3. The number of non-ortho nitro benzene ring substituents is 1. The Balaban J connectivity index is 1.29. The molecule has 3 aromatic carbocycles. The first-order valence-electron chi connectivity index (χ1n) is 17.8. The van der Waals surface area contributed by atoms with Crippen LogP contribution in [-0.2, 0) is 31.2 Å². The van der Waals surface area contributed by atoms with Gasteiger partial charge in [-0.05, 0) is 54.3 Å². The number of aliphatic hydroxyl groups excluding tert-OH is 1. The maximum Gasteiger partial charge on any atom is 0.414 e. The van der Waals surface area contributed by atoms with Crippen LogP contribution in [0.2, 0.25) is 18.6 Å². The lowest BCUT2D eigenvalue weighted by Gasteiger charge is -2.37. The first-order chi connectivity index (χ1) is 24.9. The molecule has 0 saturated carbocycles. The van der Waals surface area contributed by atoms with Crippen molar-refractivity contribution in [2.24, 2.45) is 5.92 Å². The molecular formula is C38H44N4O9Si. The standard InChI is InChI=1S/C38H44N4O9Si/c1-24-35(52(3,4)30-14-12-29(49-2)13-15-30)33(21-34(44)39-17-5-6-28(39)23-43)51-38(24)31-20-27(42(47)48)11-16-32(31)41(36(38)45)22-25-7-9-26(10-8-25)40-18-19-50-37(40)46/h7-16,20,24,28,33,35,43H,5-6,17-19,21-23H2,1-4H3/t24-,28+,33+,35-,38+/m1/s1. The van der Waals surface area contributed by atoms with Gasteiger partial charge in [0.15, 0.2) is 5.60 Å². The summed E-state index contributed by atoms with van der Waals surface area (Å²) in [6.07, 6.45) is 0.440. The van der Waals surface area contributed by atoms with E-state index in [4.69, 9.17) is 14.2 Å². The molecule has 13 nitrogen and oxygen atoms in total. The van der Waals surface area contributed by atoms with Gasteiger partial charge in [-0.3, -0.25) is 24.6 Å². The van der Waals surface area contributed by atoms with E-state index >= 15 is 4.79 Å². The van der Waals surface area contributed by atoms with Crippen LogP contribution < -0.4 is 19.7 Å². The van der Waals surface area contributed by atoms with Gasteiger partial charge in [-0.25, -0.2) is 4.79 Å². The average Bonchev–Trinajstić information content (AvgIpc) is 3.91. The van der Waals surface area contributed by atoms with Crippen LogP contribution in [0.3, 0.4) is 0 Å². The molecule has 14 heteroatoms. The summed E-state index contributed by atoms with van der Waals surface area (Å²) in [5.41, 5.74) is 0.410. The monoisotopic (exact) mass is 728 g/mol. The number of ether oxygens (including phenoxy) is 3. The van der Waals surface area contributed by atoms with Crippen molar-refractivity contribution in [3.05, 3.63) is 88.0 Å². The second-order valence-corrected chi connectivity index (χ2v) is 19.4. The molecule has 0 unspecified atom stereocenters. The number of nitrogens with zero attached hydrogens (tertiary/aromatic N) is 4. The van der Waals surface area contributed by atoms with Gasteiger partial charge in [0.05, 0.1) is 64.1 Å². The Hall–Kier alpha value is -4.79. The van der Waals surface area contributed by atoms with Crippen LogP contribution in [0.15, 0.2) is 66.7 Å². The molecule has 3 amide bonds. The van der Waals surface area contributed by atoms with Crippen molar-refractivity contribution in [1.29, 1.82) is 0 Å². The zero-order valence-electron chi connectivity index (χ0n) is 29.8. The number of benzene rings is 3. The molecule has 0 aliphatic carbocycles. The molecular weight excluding hydrogens is 685 g/mol. The number of carbonyl (C=O) groups is 3. The molecule has 3 aromatic rings. The Kier molecular flexibility index (Phi) is 9.34. The maximum absolute atomic E-state index is 15.1. The highest BCUT2D eigenvalue weighted by Crippen LogP contribution is 2.60. The number of methoxy groups -OCH3 is 1. The van der Waals surface area contributed by atoms with E-state index < -0.39 is 36.7 Å². The zero-order valence-corrected chi connectivity index (χ0v) is 30.8. The van der Waals surface area contributed by atoms with Gasteiger partial charge in [0.25, 0.3) is 11.6 Å². The third-order valence-corrected chi connectivity index (χ3v) is 16.0. The lowest BCUT2D eigenvalue weighted by Crippen LogP contribution is -2.52. The van der Waals surface area contributed by atoms with Crippen molar-refractivity contribution < 1.29 is 38.6 Å².